The topological polar surface area (TPSA) is 73.1 Å². The first-order valence-corrected chi connectivity index (χ1v) is 7.00. The van der Waals surface area contributed by atoms with E-state index in [1.165, 1.54) is 11.8 Å². The number of hydrogen-bond donors (Lipinski definition) is 2. The van der Waals surface area contributed by atoms with Crippen molar-refractivity contribution in [3.8, 4) is 11.8 Å². The van der Waals surface area contributed by atoms with Crippen molar-refractivity contribution in [2.45, 2.75) is 31.2 Å². The highest BCUT2D eigenvalue weighted by Crippen LogP contribution is 2.21. The molecule has 0 saturated carbocycles. The van der Waals surface area contributed by atoms with Crippen LogP contribution in [0.4, 0.5) is 0 Å². The van der Waals surface area contributed by atoms with Crippen molar-refractivity contribution in [1.29, 1.82) is 5.26 Å². The van der Waals surface area contributed by atoms with Crippen molar-refractivity contribution in [1.82, 2.24) is 5.32 Å². The highest BCUT2D eigenvalue weighted by atomic mass is 32.2. The number of phenolic OH excluding ortho intramolecular Hbond substituents is 1. The van der Waals surface area contributed by atoms with Gasteiger partial charge in [-0.05, 0) is 37.1 Å². The number of benzene rings is 1. The van der Waals surface area contributed by atoms with E-state index in [1.807, 2.05) is 13.8 Å². The number of phenols is 1. The summed E-state index contributed by atoms with van der Waals surface area (Å²) in [5.74, 6) is 0.316. The average molecular weight is 278 g/mol. The monoisotopic (exact) mass is 278 g/mol. The smallest absolute Gasteiger partial charge is 0.231 e. The third-order valence-corrected chi connectivity index (χ3v) is 4.00. The Morgan fingerprint density at radius 1 is 1.47 bits per heavy atom. The highest BCUT2D eigenvalue weighted by molar-refractivity contribution is 8.00. The number of hydrogen-bond acceptors (Lipinski definition) is 4. The molecule has 5 heteroatoms. The third-order valence-electron chi connectivity index (χ3n) is 2.99. The van der Waals surface area contributed by atoms with Crippen LogP contribution in [-0.2, 0) is 4.79 Å². The maximum atomic E-state index is 11.8. The molecule has 102 valence electrons. The Kier molecular flexibility index (Phi) is 5.25. The molecule has 1 aromatic rings. The van der Waals surface area contributed by atoms with Crippen molar-refractivity contribution in [3.05, 3.63) is 24.3 Å². The molecule has 0 aromatic heterocycles. The van der Waals surface area contributed by atoms with Crippen LogP contribution in [0.3, 0.4) is 0 Å². The minimum Gasteiger partial charge on any atom is -0.508 e. The molecule has 0 aliphatic rings. The average Bonchev–Trinajstić information content (AvgIpc) is 2.37. The molecule has 0 radical (unpaired) electrons. The second-order valence-electron chi connectivity index (χ2n) is 4.80. The molecule has 0 heterocycles. The standard InChI is InChI=1S/C14H18N2O2S/c1-10(2)14(3,9-15)16-13(18)8-19-12-6-4-11(17)5-7-12/h4-7,10,17H,8H2,1-3H3,(H,16,18). The summed E-state index contributed by atoms with van der Waals surface area (Å²) in [4.78, 5) is 12.7. The van der Waals surface area contributed by atoms with E-state index in [-0.39, 0.29) is 23.3 Å². The lowest BCUT2D eigenvalue weighted by atomic mass is 9.90. The van der Waals surface area contributed by atoms with Crippen molar-refractivity contribution >= 4 is 17.7 Å². The molecule has 1 rings (SSSR count). The van der Waals surface area contributed by atoms with Gasteiger partial charge in [-0.3, -0.25) is 4.79 Å². The number of thioether (sulfide) groups is 1. The molecule has 0 aliphatic heterocycles. The van der Waals surface area contributed by atoms with Gasteiger partial charge >= 0.3 is 0 Å². The number of carbonyl (C=O) groups excluding carboxylic acids is 1. The van der Waals surface area contributed by atoms with Gasteiger partial charge in [-0.15, -0.1) is 11.8 Å². The Balaban J connectivity index is 2.53. The number of rotatable bonds is 5. The van der Waals surface area contributed by atoms with Gasteiger partial charge in [0, 0.05) is 4.90 Å². The lowest BCUT2D eigenvalue weighted by Crippen LogP contribution is -2.49. The van der Waals surface area contributed by atoms with Gasteiger partial charge in [0.05, 0.1) is 11.8 Å². The van der Waals surface area contributed by atoms with Crippen LogP contribution < -0.4 is 5.32 Å². The summed E-state index contributed by atoms with van der Waals surface area (Å²) in [5, 5.41) is 21.0. The van der Waals surface area contributed by atoms with E-state index >= 15 is 0 Å². The molecule has 19 heavy (non-hydrogen) atoms. The van der Waals surface area contributed by atoms with Gasteiger partial charge in [0.1, 0.15) is 11.3 Å². The Labute approximate surface area is 117 Å². The number of aromatic hydroxyl groups is 1. The minimum absolute atomic E-state index is 0.0418. The van der Waals surface area contributed by atoms with Gasteiger partial charge < -0.3 is 10.4 Å². The molecule has 1 amide bonds. The second-order valence-corrected chi connectivity index (χ2v) is 5.85. The van der Waals surface area contributed by atoms with E-state index in [1.54, 1.807) is 31.2 Å². The van der Waals surface area contributed by atoms with Crippen LogP contribution in [-0.4, -0.2) is 22.3 Å². The number of amides is 1. The van der Waals surface area contributed by atoms with E-state index < -0.39 is 5.54 Å². The minimum atomic E-state index is -0.841. The predicted molar refractivity (Wildman–Crippen MR) is 75.8 cm³/mol. The van der Waals surface area contributed by atoms with Crippen molar-refractivity contribution in [2.24, 2.45) is 5.92 Å². The van der Waals surface area contributed by atoms with Crippen LogP contribution >= 0.6 is 11.8 Å². The van der Waals surface area contributed by atoms with Crippen LogP contribution in [0.15, 0.2) is 29.2 Å². The van der Waals surface area contributed by atoms with Crippen LogP contribution in [0.5, 0.6) is 5.75 Å². The maximum absolute atomic E-state index is 11.8. The first-order chi connectivity index (χ1) is 8.87. The highest BCUT2D eigenvalue weighted by Gasteiger charge is 2.29. The van der Waals surface area contributed by atoms with Crippen molar-refractivity contribution < 1.29 is 9.90 Å². The summed E-state index contributed by atoms with van der Waals surface area (Å²) in [6.07, 6.45) is 0. The summed E-state index contributed by atoms with van der Waals surface area (Å²) in [7, 11) is 0. The number of carbonyl (C=O) groups is 1. The second kappa shape index (κ2) is 6.48. The number of nitriles is 1. The van der Waals surface area contributed by atoms with Gasteiger partial charge in [-0.1, -0.05) is 13.8 Å². The van der Waals surface area contributed by atoms with E-state index in [0.29, 0.717) is 0 Å². The Hall–Kier alpha value is -1.67. The molecular weight excluding hydrogens is 260 g/mol. The zero-order valence-electron chi connectivity index (χ0n) is 11.3. The maximum Gasteiger partial charge on any atom is 0.231 e. The fraction of sp³-hybridized carbons (Fsp3) is 0.429. The lowest BCUT2D eigenvalue weighted by molar-refractivity contribution is -0.120. The first-order valence-electron chi connectivity index (χ1n) is 6.01. The fourth-order valence-electron chi connectivity index (χ4n) is 1.32. The zero-order valence-corrected chi connectivity index (χ0v) is 12.1. The summed E-state index contributed by atoms with van der Waals surface area (Å²) >= 11 is 1.37. The van der Waals surface area contributed by atoms with E-state index in [9.17, 15) is 4.79 Å². The molecule has 1 atom stereocenters. The van der Waals surface area contributed by atoms with E-state index in [0.717, 1.165) is 4.90 Å². The van der Waals surface area contributed by atoms with Crippen LogP contribution in [0.2, 0.25) is 0 Å². The number of nitrogens with one attached hydrogen (secondary N) is 1. The van der Waals surface area contributed by atoms with Crippen LogP contribution in [0.1, 0.15) is 20.8 Å². The van der Waals surface area contributed by atoms with Gasteiger partial charge in [-0.25, -0.2) is 0 Å². The quantitative estimate of drug-likeness (QED) is 0.812. The van der Waals surface area contributed by atoms with Gasteiger partial charge in [-0.2, -0.15) is 5.26 Å². The van der Waals surface area contributed by atoms with Gasteiger partial charge in [0.25, 0.3) is 0 Å². The third kappa shape index (κ3) is 4.49. The molecular formula is C14H18N2O2S. The number of nitrogens with zero attached hydrogens (tertiary/aromatic N) is 1. The summed E-state index contributed by atoms with van der Waals surface area (Å²) in [6.45, 7) is 5.52. The van der Waals surface area contributed by atoms with E-state index in [4.69, 9.17) is 10.4 Å². The van der Waals surface area contributed by atoms with Crippen molar-refractivity contribution in [2.75, 3.05) is 5.75 Å². The molecule has 0 spiro atoms. The SMILES string of the molecule is CC(C)C(C)(C#N)NC(=O)CSc1ccc(O)cc1. The lowest BCUT2D eigenvalue weighted by Gasteiger charge is -2.27. The fourth-order valence-corrected chi connectivity index (χ4v) is 2.02. The molecule has 0 bridgehead atoms. The Bertz CT molecular complexity index is 479. The molecule has 0 saturated heterocycles. The molecule has 0 aliphatic carbocycles. The van der Waals surface area contributed by atoms with Gasteiger partial charge in [0.2, 0.25) is 5.91 Å². The van der Waals surface area contributed by atoms with Gasteiger partial charge in [0.15, 0.2) is 0 Å². The van der Waals surface area contributed by atoms with Crippen molar-refractivity contribution in [3.63, 3.8) is 0 Å². The molecule has 4 nitrogen and oxygen atoms in total. The molecule has 1 aromatic carbocycles. The zero-order chi connectivity index (χ0) is 14.5. The molecule has 0 fully saturated rings. The summed E-state index contributed by atoms with van der Waals surface area (Å²) < 4.78 is 0. The predicted octanol–water partition coefficient (Wildman–Crippen LogP) is 2.54. The first kappa shape index (κ1) is 15.4. The van der Waals surface area contributed by atoms with E-state index in [2.05, 4.69) is 11.4 Å². The molecule has 1 unspecified atom stereocenters. The van der Waals surface area contributed by atoms with Crippen LogP contribution in [0.25, 0.3) is 0 Å². The normalized spacial score (nSPS) is 13.6. The Morgan fingerprint density at radius 2 is 2.05 bits per heavy atom. The van der Waals surface area contributed by atoms with Crippen LogP contribution in [0, 0.1) is 17.2 Å². The summed E-state index contributed by atoms with van der Waals surface area (Å²) in [5.41, 5.74) is -0.841. The molecule has 2 N–H and O–H groups in total. The summed E-state index contributed by atoms with van der Waals surface area (Å²) in [6, 6.07) is 8.79. The largest absolute Gasteiger partial charge is 0.508 e. The Morgan fingerprint density at radius 3 is 2.53 bits per heavy atom.